The number of benzene rings is 2. The predicted molar refractivity (Wildman–Crippen MR) is 80.1 cm³/mol. The first-order valence-corrected chi connectivity index (χ1v) is 6.80. The van der Waals surface area contributed by atoms with Crippen molar-refractivity contribution in [2.45, 2.75) is 13.8 Å². The molecule has 0 radical (unpaired) electrons. The van der Waals surface area contributed by atoms with Crippen molar-refractivity contribution >= 4 is 5.91 Å². The van der Waals surface area contributed by atoms with Gasteiger partial charge in [-0.05, 0) is 37.6 Å². The van der Waals surface area contributed by atoms with Gasteiger partial charge in [-0.1, -0.05) is 29.8 Å². The van der Waals surface area contributed by atoms with Crippen LogP contribution in [0.5, 0.6) is 5.75 Å². The van der Waals surface area contributed by atoms with Gasteiger partial charge in [0.25, 0.3) is 5.91 Å². The Balaban J connectivity index is 1.82. The lowest BCUT2D eigenvalue weighted by molar-refractivity contribution is 0.0943. The Morgan fingerprint density at radius 3 is 2.67 bits per heavy atom. The van der Waals surface area contributed by atoms with E-state index < -0.39 is 11.7 Å². The van der Waals surface area contributed by atoms with E-state index in [1.165, 1.54) is 17.7 Å². The lowest BCUT2D eigenvalue weighted by atomic mass is 10.1. The largest absolute Gasteiger partial charge is 0.491 e. The molecule has 0 aliphatic rings. The van der Waals surface area contributed by atoms with Crippen molar-refractivity contribution in [3.63, 3.8) is 0 Å². The standard InChI is InChI=1S/C17H18FNO2/c1-12-7-8-16(13(2)11-12)21-10-9-19-17(20)14-5-3-4-6-15(14)18/h3-8,11H,9-10H2,1-2H3,(H,19,20). The Labute approximate surface area is 123 Å². The summed E-state index contributed by atoms with van der Waals surface area (Å²) in [5.74, 6) is -0.164. The Morgan fingerprint density at radius 1 is 1.19 bits per heavy atom. The van der Waals surface area contributed by atoms with Gasteiger partial charge in [-0.25, -0.2) is 4.39 Å². The molecule has 0 heterocycles. The van der Waals surface area contributed by atoms with E-state index in [1.54, 1.807) is 12.1 Å². The fourth-order valence-corrected chi connectivity index (χ4v) is 2.03. The van der Waals surface area contributed by atoms with Crippen LogP contribution in [0.2, 0.25) is 0 Å². The average molecular weight is 287 g/mol. The van der Waals surface area contributed by atoms with Crippen molar-refractivity contribution in [3.8, 4) is 5.75 Å². The van der Waals surface area contributed by atoms with Gasteiger partial charge in [0.1, 0.15) is 18.2 Å². The van der Waals surface area contributed by atoms with Gasteiger partial charge >= 0.3 is 0 Å². The molecule has 0 atom stereocenters. The van der Waals surface area contributed by atoms with Gasteiger partial charge in [0.2, 0.25) is 0 Å². The number of rotatable bonds is 5. The molecule has 0 saturated carbocycles. The summed E-state index contributed by atoms with van der Waals surface area (Å²) in [5.41, 5.74) is 2.27. The van der Waals surface area contributed by atoms with E-state index in [4.69, 9.17) is 4.74 Å². The van der Waals surface area contributed by atoms with Crippen molar-refractivity contribution < 1.29 is 13.9 Å². The van der Waals surface area contributed by atoms with Gasteiger partial charge in [-0.2, -0.15) is 0 Å². The van der Waals surface area contributed by atoms with Gasteiger partial charge in [0, 0.05) is 0 Å². The lowest BCUT2D eigenvalue weighted by Crippen LogP contribution is -2.28. The minimum Gasteiger partial charge on any atom is -0.491 e. The van der Waals surface area contributed by atoms with Gasteiger partial charge < -0.3 is 10.1 Å². The monoisotopic (exact) mass is 287 g/mol. The number of hydrogen-bond donors (Lipinski definition) is 1. The molecule has 110 valence electrons. The SMILES string of the molecule is Cc1ccc(OCCNC(=O)c2ccccc2F)c(C)c1. The number of carbonyl (C=O) groups is 1. The molecule has 0 bridgehead atoms. The summed E-state index contributed by atoms with van der Waals surface area (Å²) in [7, 11) is 0. The fraction of sp³-hybridized carbons (Fsp3) is 0.235. The van der Waals surface area contributed by atoms with Crippen LogP contribution in [-0.2, 0) is 0 Å². The van der Waals surface area contributed by atoms with Gasteiger partial charge in [-0.3, -0.25) is 4.79 Å². The number of amides is 1. The summed E-state index contributed by atoms with van der Waals surface area (Å²) >= 11 is 0. The highest BCUT2D eigenvalue weighted by Crippen LogP contribution is 2.18. The molecule has 0 spiro atoms. The van der Waals surface area contributed by atoms with Crippen LogP contribution < -0.4 is 10.1 Å². The lowest BCUT2D eigenvalue weighted by Gasteiger charge is -2.10. The molecule has 4 heteroatoms. The van der Waals surface area contributed by atoms with Crippen LogP contribution in [0, 0.1) is 19.7 Å². The second-order valence-corrected chi connectivity index (χ2v) is 4.85. The molecule has 0 aliphatic carbocycles. The number of ether oxygens (including phenoxy) is 1. The summed E-state index contributed by atoms with van der Waals surface area (Å²) in [6.07, 6.45) is 0. The van der Waals surface area contributed by atoms with Crippen LogP contribution in [0.25, 0.3) is 0 Å². The van der Waals surface area contributed by atoms with Crippen molar-refractivity contribution in [2.24, 2.45) is 0 Å². The molecule has 2 rings (SSSR count). The highest BCUT2D eigenvalue weighted by atomic mass is 19.1. The van der Waals surface area contributed by atoms with Crippen LogP contribution >= 0.6 is 0 Å². The number of carbonyl (C=O) groups excluding carboxylic acids is 1. The summed E-state index contributed by atoms with van der Waals surface area (Å²) in [5, 5.41) is 2.64. The first-order chi connectivity index (χ1) is 10.1. The van der Waals surface area contributed by atoms with E-state index in [2.05, 4.69) is 5.32 Å². The maximum atomic E-state index is 13.4. The average Bonchev–Trinajstić information content (AvgIpc) is 2.45. The first kappa shape index (κ1) is 15.0. The topological polar surface area (TPSA) is 38.3 Å². The van der Waals surface area contributed by atoms with E-state index in [0.717, 1.165) is 11.3 Å². The van der Waals surface area contributed by atoms with E-state index in [-0.39, 0.29) is 5.56 Å². The highest BCUT2D eigenvalue weighted by Gasteiger charge is 2.09. The van der Waals surface area contributed by atoms with Crippen molar-refractivity contribution in [3.05, 3.63) is 65.0 Å². The number of halogens is 1. The number of nitrogens with one attached hydrogen (secondary N) is 1. The molecule has 1 N–H and O–H groups in total. The zero-order chi connectivity index (χ0) is 15.2. The van der Waals surface area contributed by atoms with E-state index in [9.17, 15) is 9.18 Å². The van der Waals surface area contributed by atoms with Gasteiger partial charge in [-0.15, -0.1) is 0 Å². The number of aryl methyl sites for hydroxylation is 2. The zero-order valence-corrected chi connectivity index (χ0v) is 12.2. The van der Waals surface area contributed by atoms with Crippen LogP contribution in [0.1, 0.15) is 21.5 Å². The van der Waals surface area contributed by atoms with Crippen LogP contribution in [0.4, 0.5) is 4.39 Å². The van der Waals surface area contributed by atoms with Crippen LogP contribution in [-0.4, -0.2) is 19.1 Å². The van der Waals surface area contributed by atoms with Crippen molar-refractivity contribution in [1.82, 2.24) is 5.32 Å². The quantitative estimate of drug-likeness (QED) is 0.857. The van der Waals surface area contributed by atoms with E-state index >= 15 is 0 Å². The maximum absolute atomic E-state index is 13.4. The molecule has 0 aromatic heterocycles. The fourth-order valence-electron chi connectivity index (χ4n) is 2.03. The minimum atomic E-state index is -0.523. The molecule has 1 amide bonds. The molecule has 2 aromatic carbocycles. The molecule has 0 unspecified atom stereocenters. The molecule has 0 aliphatic heterocycles. The second-order valence-electron chi connectivity index (χ2n) is 4.85. The second kappa shape index (κ2) is 6.88. The molecule has 0 saturated heterocycles. The summed E-state index contributed by atoms with van der Waals surface area (Å²) in [6.45, 7) is 4.65. The summed E-state index contributed by atoms with van der Waals surface area (Å²) in [4.78, 5) is 11.8. The third-order valence-corrected chi connectivity index (χ3v) is 3.09. The van der Waals surface area contributed by atoms with Gasteiger partial charge in [0.15, 0.2) is 0 Å². The minimum absolute atomic E-state index is 0.0454. The third-order valence-electron chi connectivity index (χ3n) is 3.09. The Morgan fingerprint density at radius 2 is 1.95 bits per heavy atom. The maximum Gasteiger partial charge on any atom is 0.254 e. The Kier molecular flexibility index (Phi) is 4.93. The first-order valence-electron chi connectivity index (χ1n) is 6.80. The summed E-state index contributed by atoms with van der Waals surface area (Å²) < 4.78 is 19.0. The number of hydrogen-bond acceptors (Lipinski definition) is 2. The smallest absolute Gasteiger partial charge is 0.254 e. The molecule has 2 aromatic rings. The normalized spacial score (nSPS) is 10.2. The van der Waals surface area contributed by atoms with Crippen molar-refractivity contribution in [1.29, 1.82) is 0 Å². The molecular formula is C17H18FNO2. The van der Waals surface area contributed by atoms with Crippen LogP contribution in [0.15, 0.2) is 42.5 Å². The zero-order valence-electron chi connectivity index (χ0n) is 12.2. The van der Waals surface area contributed by atoms with Crippen LogP contribution in [0.3, 0.4) is 0 Å². The Bertz CT molecular complexity index is 640. The van der Waals surface area contributed by atoms with Crippen molar-refractivity contribution in [2.75, 3.05) is 13.2 Å². The molecule has 0 fully saturated rings. The molecular weight excluding hydrogens is 269 g/mol. The van der Waals surface area contributed by atoms with Gasteiger partial charge in [0.05, 0.1) is 12.1 Å². The third kappa shape index (κ3) is 4.05. The molecule has 21 heavy (non-hydrogen) atoms. The van der Waals surface area contributed by atoms with E-state index in [1.807, 2.05) is 32.0 Å². The predicted octanol–water partition coefficient (Wildman–Crippen LogP) is 3.25. The highest BCUT2D eigenvalue weighted by molar-refractivity contribution is 5.94. The Hall–Kier alpha value is -2.36. The van der Waals surface area contributed by atoms with E-state index in [0.29, 0.717) is 13.2 Å². The summed E-state index contributed by atoms with van der Waals surface area (Å²) in [6, 6.07) is 11.8. The molecule has 3 nitrogen and oxygen atoms in total.